The number of hydrogen-bond donors (Lipinski definition) is 1. The normalized spacial score (nSPS) is 11.7. The Morgan fingerprint density at radius 3 is 2.57 bits per heavy atom. The number of pyridine rings is 1. The van der Waals surface area contributed by atoms with Gasteiger partial charge in [0.25, 0.3) is 0 Å². The third-order valence-electron chi connectivity index (χ3n) is 4.31. The molecule has 3 aromatic rings. The number of anilines is 2. The number of ether oxygens (including phenoxy) is 1. The van der Waals surface area contributed by atoms with Gasteiger partial charge in [0.15, 0.2) is 0 Å². The highest BCUT2D eigenvalue weighted by Gasteiger charge is 2.30. The summed E-state index contributed by atoms with van der Waals surface area (Å²) in [6.45, 7) is 0.626. The smallest absolute Gasteiger partial charge is 0.416 e. The Bertz CT molecular complexity index is 1070. The number of benzene rings is 2. The van der Waals surface area contributed by atoms with Gasteiger partial charge in [-0.15, -0.1) is 0 Å². The first kappa shape index (κ1) is 21.5. The summed E-state index contributed by atoms with van der Waals surface area (Å²) in [6, 6.07) is 8.34. The number of carbonyl (C=O) groups is 1. The van der Waals surface area contributed by atoms with E-state index in [4.69, 9.17) is 4.74 Å². The number of aromatic nitrogens is 1. The minimum Gasteiger partial charge on any atom is -0.461 e. The number of rotatable bonds is 6. The first-order valence-corrected chi connectivity index (χ1v) is 8.99. The van der Waals surface area contributed by atoms with E-state index in [1.165, 1.54) is 24.4 Å². The number of nitrogens with zero attached hydrogens (tertiary/aromatic N) is 2. The summed E-state index contributed by atoms with van der Waals surface area (Å²) < 4.78 is 57.8. The highest BCUT2D eigenvalue weighted by atomic mass is 19.4. The molecule has 0 unspecified atom stereocenters. The quantitative estimate of drug-likeness (QED) is 0.455. The molecule has 2 aromatic carbocycles. The molecule has 0 fully saturated rings. The second-order valence-corrected chi connectivity index (χ2v) is 6.84. The molecule has 0 radical (unpaired) electrons. The molecule has 0 aliphatic carbocycles. The lowest BCUT2D eigenvalue weighted by atomic mass is 10.1. The van der Waals surface area contributed by atoms with Crippen LogP contribution in [-0.4, -0.2) is 43.1 Å². The minimum atomic E-state index is -4.49. The van der Waals surface area contributed by atoms with Crippen molar-refractivity contribution in [1.82, 2.24) is 9.88 Å². The van der Waals surface area contributed by atoms with Gasteiger partial charge >= 0.3 is 12.1 Å². The van der Waals surface area contributed by atoms with Gasteiger partial charge < -0.3 is 15.0 Å². The van der Waals surface area contributed by atoms with Crippen LogP contribution in [0.3, 0.4) is 0 Å². The zero-order chi connectivity index (χ0) is 21.9. The Kier molecular flexibility index (Phi) is 6.21. The number of alkyl halides is 3. The molecular weight excluding hydrogens is 402 g/mol. The molecule has 5 nitrogen and oxygen atoms in total. The van der Waals surface area contributed by atoms with Gasteiger partial charge in [0.2, 0.25) is 0 Å². The number of nitrogens with one attached hydrogen (secondary N) is 1. The molecule has 1 N–H and O–H groups in total. The Morgan fingerprint density at radius 2 is 1.87 bits per heavy atom. The second-order valence-electron chi connectivity index (χ2n) is 6.84. The highest BCUT2D eigenvalue weighted by molar-refractivity contribution is 5.99. The van der Waals surface area contributed by atoms with Crippen molar-refractivity contribution in [3.05, 3.63) is 65.6 Å². The van der Waals surface area contributed by atoms with Crippen LogP contribution in [0.4, 0.5) is 28.9 Å². The molecule has 0 aliphatic rings. The van der Waals surface area contributed by atoms with Crippen LogP contribution in [0.15, 0.2) is 48.7 Å². The molecule has 0 bridgehead atoms. The Labute approximate surface area is 170 Å². The topological polar surface area (TPSA) is 54.5 Å². The third kappa shape index (κ3) is 5.04. The van der Waals surface area contributed by atoms with Gasteiger partial charge in [-0.2, -0.15) is 13.2 Å². The van der Waals surface area contributed by atoms with E-state index in [1.807, 2.05) is 19.0 Å². The maximum atomic E-state index is 13.7. The number of esters is 1. The second kappa shape index (κ2) is 8.66. The summed E-state index contributed by atoms with van der Waals surface area (Å²) in [5.74, 6) is -1.33. The van der Waals surface area contributed by atoms with Crippen LogP contribution in [0.2, 0.25) is 0 Å². The Balaban J connectivity index is 1.93. The molecule has 9 heteroatoms. The molecule has 0 saturated carbocycles. The monoisotopic (exact) mass is 421 g/mol. The van der Waals surface area contributed by atoms with Crippen molar-refractivity contribution in [2.45, 2.75) is 6.18 Å². The van der Waals surface area contributed by atoms with Crippen LogP contribution in [0.5, 0.6) is 0 Å². The van der Waals surface area contributed by atoms with E-state index in [2.05, 4.69) is 10.3 Å². The van der Waals surface area contributed by atoms with E-state index in [9.17, 15) is 22.4 Å². The average molecular weight is 421 g/mol. The summed E-state index contributed by atoms with van der Waals surface area (Å²) in [4.78, 5) is 18.2. The van der Waals surface area contributed by atoms with Crippen LogP contribution in [0, 0.1) is 5.82 Å². The first-order chi connectivity index (χ1) is 14.1. The molecular formula is C21H19F4N3O2. The predicted octanol–water partition coefficient (Wildman–Crippen LogP) is 4.85. The molecule has 1 heterocycles. The lowest BCUT2D eigenvalue weighted by molar-refractivity contribution is -0.137. The van der Waals surface area contributed by atoms with E-state index < -0.39 is 23.5 Å². The summed E-state index contributed by atoms with van der Waals surface area (Å²) in [6.07, 6.45) is -3.14. The number of halogens is 4. The largest absolute Gasteiger partial charge is 0.461 e. The van der Waals surface area contributed by atoms with E-state index in [1.54, 1.807) is 6.07 Å². The van der Waals surface area contributed by atoms with Gasteiger partial charge in [-0.3, -0.25) is 4.98 Å². The van der Waals surface area contributed by atoms with Crippen LogP contribution in [0.1, 0.15) is 15.9 Å². The third-order valence-corrected chi connectivity index (χ3v) is 4.31. The van der Waals surface area contributed by atoms with E-state index >= 15 is 0 Å². The molecule has 30 heavy (non-hydrogen) atoms. The molecule has 3 rings (SSSR count). The highest BCUT2D eigenvalue weighted by Crippen LogP contribution is 2.33. The van der Waals surface area contributed by atoms with E-state index in [0.29, 0.717) is 17.6 Å². The van der Waals surface area contributed by atoms with Crippen LogP contribution < -0.4 is 5.32 Å². The fraction of sp³-hybridized carbons (Fsp3) is 0.238. The standard InChI is InChI=1S/C21H19F4N3O2/c1-28(2)9-10-30-20(29)16-12-14(22)4-6-17(16)27-18-7-8-26-19-11-13(21(23,24)25)3-5-15(18)19/h3-8,11-12H,9-10H2,1-2H3,(H,26,27). The van der Waals surface area contributed by atoms with Gasteiger partial charge in [-0.05, 0) is 50.5 Å². The van der Waals surface area contributed by atoms with Gasteiger partial charge in [0.05, 0.1) is 22.3 Å². The van der Waals surface area contributed by atoms with Crippen LogP contribution >= 0.6 is 0 Å². The van der Waals surface area contributed by atoms with Crippen molar-refractivity contribution < 1.29 is 27.1 Å². The van der Waals surface area contributed by atoms with Gasteiger partial charge in [0.1, 0.15) is 12.4 Å². The van der Waals surface area contributed by atoms with Gasteiger partial charge in [-0.1, -0.05) is 6.07 Å². The molecule has 0 saturated heterocycles. The lowest BCUT2D eigenvalue weighted by Gasteiger charge is -2.15. The molecule has 0 spiro atoms. The van der Waals surface area contributed by atoms with Crippen molar-refractivity contribution in [3.63, 3.8) is 0 Å². The van der Waals surface area contributed by atoms with Crippen molar-refractivity contribution in [2.75, 3.05) is 32.6 Å². The molecule has 0 aliphatic heterocycles. The summed E-state index contributed by atoms with van der Waals surface area (Å²) >= 11 is 0. The van der Waals surface area contributed by atoms with Gasteiger partial charge in [0, 0.05) is 23.8 Å². The maximum absolute atomic E-state index is 13.7. The van der Waals surface area contributed by atoms with Crippen molar-refractivity contribution in [3.8, 4) is 0 Å². The van der Waals surface area contributed by atoms with E-state index in [0.717, 1.165) is 18.2 Å². The van der Waals surface area contributed by atoms with Crippen molar-refractivity contribution in [1.29, 1.82) is 0 Å². The number of likely N-dealkylation sites (N-methyl/N-ethyl adjacent to an activating group) is 1. The molecule has 0 amide bonds. The first-order valence-electron chi connectivity index (χ1n) is 8.99. The minimum absolute atomic E-state index is 0.0226. The molecule has 1 aromatic heterocycles. The molecule has 158 valence electrons. The Hall–Kier alpha value is -3.20. The predicted molar refractivity (Wildman–Crippen MR) is 105 cm³/mol. The van der Waals surface area contributed by atoms with E-state index in [-0.39, 0.29) is 23.4 Å². The molecule has 0 atom stereocenters. The SMILES string of the molecule is CN(C)CCOC(=O)c1cc(F)ccc1Nc1ccnc2cc(C(F)(F)F)ccc12. The fourth-order valence-corrected chi connectivity index (χ4v) is 2.77. The fourth-order valence-electron chi connectivity index (χ4n) is 2.77. The van der Waals surface area contributed by atoms with Crippen molar-refractivity contribution in [2.24, 2.45) is 0 Å². The lowest BCUT2D eigenvalue weighted by Crippen LogP contribution is -2.20. The number of fused-ring (bicyclic) bond motifs is 1. The maximum Gasteiger partial charge on any atom is 0.416 e. The van der Waals surface area contributed by atoms with Gasteiger partial charge in [-0.25, -0.2) is 9.18 Å². The van der Waals surface area contributed by atoms with Crippen LogP contribution in [0.25, 0.3) is 10.9 Å². The van der Waals surface area contributed by atoms with Crippen LogP contribution in [-0.2, 0) is 10.9 Å². The number of carbonyl (C=O) groups excluding carboxylic acids is 1. The Morgan fingerprint density at radius 1 is 1.10 bits per heavy atom. The number of hydrogen-bond acceptors (Lipinski definition) is 5. The average Bonchev–Trinajstić information content (AvgIpc) is 2.68. The summed E-state index contributed by atoms with van der Waals surface area (Å²) in [7, 11) is 3.64. The summed E-state index contributed by atoms with van der Waals surface area (Å²) in [5.41, 5.74) is -0.0226. The summed E-state index contributed by atoms with van der Waals surface area (Å²) in [5, 5.41) is 3.40. The van der Waals surface area contributed by atoms with Crippen molar-refractivity contribution >= 4 is 28.2 Å². The zero-order valence-electron chi connectivity index (χ0n) is 16.3. The zero-order valence-corrected chi connectivity index (χ0v) is 16.3.